The maximum atomic E-state index is 8.23. The molecule has 0 aliphatic heterocycles. The van der Waals surface area contributed by atoms with Crippen LogP contribution in [-0.4, -0.2) is 29.1 Å². The van der Waals surface area contributed by atoms with Gasteiger partial charge in [-0.25, -0.2) is 19.9 Å². The van der Waals surface area contributed by atoms with Crippen molar-refractivity contribution >= 4 is 43.6 Å². The lowest BCUT2D eigenvalue weighted by atomic mass is 10.1. The summed E-state index contributed by atoms with van der Waals surface area (Å²) in [7, 11) is 0. The predicted molar refractivity (Wildman–Crippen MR) is 219 cm³/mol. The first-order valence-electron chi connectivity index (χ1n) is 20.7. The third-order valence-corrected chi connectivity index (χ3v) is 9.75. The third-order valence-electron chi connectivity index (χ3n) is 9.75. The number of ether oxygens (including phenoxy) is 2. The molecule has 5 aromatic heterocycles. The Balaban J connectivity index is 1.12. The van der Waals surface area contributed by atoms with E-state index in [0.717, 1.165) is 55.2 Å². The smallest absolute Gasteiger partial charge is 0.159 e. The number of aromatic nitrogens is 6. The molecule has 8 nitrogen and oxygen atoms in total. The maximum Gasteiger partial charge on any atom is 0.159 e. The SMILES string of the molecule is [2H]C([2H])([2H])c1nc(-c2cc(Oc3ccc4c5ccccc5n(-c5ccccn5)c4c3)cc(Oc3ccc4c5ccccc5n(-c5ccccn5)c4c3)c2)nc(C)c1C([2H])([2H])[2H]. The van der Waals surface area contributed by atoms with E-state index in [0.29, 0.717) is 28.6 Å². The van der Waals surface area contributed by atoms with E-state index in [4.69, 9.17) is 17.7 Å². The van der Waals surface area contributed by atoms with Crippen LogP contribution < -0.4 is 9.47 Å². The summed E-state index contributed by atoms with van der Waals surface area (Å²) < 4.78 is 66.4. The molecule has 0 N–H and O–H groups in total. The number of benzene rings is 5. The lowest BCUT2D eigenvalue weighted by Crippen LogP contribution is -2.00. The molecule has 0 atom stereocenters. The minimum absolute atomic E-state index is 0.00313. The minimum Gasteiger partial charge on any atom is -0.457 e. The molecule has 0 amide bonds. The zero-order valence-corrected chi connectivity index (χ0v) is 29.4. The van der Waals surface area contributed by atoms with Crippen molar-refractivity contribution in [3.63, 3.8) is 0 Å². The summed E-state index contributed by atoms with van der Waals surface area (Å²) in [6, 6.07) is 44.5. The molecule has 0 bridgehead atoms. The van der Waals surface area contributed by atoms with Gasteiger partial charge in [0.1, 0.15) is 34.6 Å². The highest BCUT2D eigenvalue weighted by Gasteiger charge is 2.17. The summed E-state index contributed by atoms with van der Waals surface area (Å²) in [5, 5.41) is 4.15. The van der Waals surface area contributed by atoms with Gasteiger partial charge in [-0.3, -0.25) is 9.13 Å². The Morgan fingerprint density at radius 2 is 0.982 bits per heavy atom. The van der Waals surface area contributed by atoms with Gasteiger partial charge in [-0.2, -0.15) is 0 Å². The summed E-state index contributed by atoms with van der Waals surface area (Å²) in [4.78, 5) is 18.2. The molecule has 0 saturated heterocycles. The van der Waals surface area contributed by atoms with E-state index in [9.17, 15) is 0 Å². The van der Waals surface area contributed by atoms with Crippen molar-refractivity contribution in [3.8, 4) is 46.0 Å². The van der Waals surface area contributed by atoms with Gasteiger partial charge in [0.05, 0.1) is 22.1 Å². The van der Waals surface area contributed by atoms with Crippen molar-refractivity contribution < 1.29 is 17.7 Å². The van der Waals surface area contributed by atoms with Crippen LogP contribution in [0.2, 0.25) is 0 Å². The van der Waals surface area contributed by atoms with Gasteiger partial charge in [-0.05, 0) is 99.0 Å². The van der Waals surface area contributed by atoms with Crippen LogP contribution in [0, 0.1) is 20.6 Å². The quantitative estimate of drug-likeness (QED) is 0.163. The number of nitrogens with zero attached hydrogens (tertiary/aromatic N) is 6. The zero-order valence-electron chi connectivity index (χ0n) is 35.4. The van der Waals surface area contributed by atoms with E-state index in [2.05, 4.69) is 53.3 Å². The molecule has 0 unspecified atom stereocenters. The number of hydrogen-bond acceptors (Lipinski definition) is 6. The molecule has 10 rings (SSSR count). The van der Waals surface area contributed by atoms with Crippen LogP contribution in [0.3, 0.4) is 0 Å². The van der Waals surface area contributed by atoms with Crippen molar-refractivity contribution in [2.45, 2.75) is 20.6 Å². The highest BCUT2D eigenvalue weighted by atomic mass is 16.5. The fraction of sp³-hybridized carbons (Fsp3) is 0.0638. The van der Waals surface area contributed by atoms with E-state index >= 15 is 0 Å². The number of para-hydroxylation sites is 2. The lowest BCUT2D eigenvalue weighted by molar-refractivity contribution is 0.461. The van der Waals surface area contributed by atoms with Gasteiger partial charge < -0.3 is 9.47 Å². The Morgan fingerprint density at radius 1 is 0.473 bits per heavy atom. The van der Waals surface area contributed by atoms with Crippen molar-refractivity contribution in [1.82, 2.24) is 29.1 Å². The molecular weight excluding hydrogens is 681 g/mol. The average molecular weight is 721 g/mol. The minimum atomic E-state index is -2.83. The second kappa shape index (κ2) is 13.0. The number of hydrogen-bond donors (Lipinski definition) is 0. The van der Waals surface area contributed by atoms with Crippen molar-refractivity contribution in [2.24, 2.45) is 0 Å². The highest BCUT2D eigenvalue weighted by molar-refractivity contribution is 6.10. The second-order valence-electron chi connectivity index (χ2n) is 13.2. The molecule has 264 valence electrons. The fourth-order valence-electron chi connectivity index (χ4n) is 7.29. The van der Waals surface area contributed by atoms with Crippen LogP contribution in [0.15, 0.2) is 152 Å². The predicted octanol–water partition coefficient (Wildman–Crippen LogP) is 11.6. The summed E-state index contributed by atoms with van der Waals surface area (Å²) in [6.07, 6.45) is 3.51. The number of aryl methyl sites for hydroxylation is 2. The topological polar surface area (TPSA) is 79.9 Å². The fourth-order valence-corrected chi connectivity index (χ4v) is 7.29. The third kappa shape index (κ3) is 5.63. The molecule has 8 heteroatoms. The standard InChI is InChI=1S/C47H34N6O2/c1-29-30(2)50-47(51-31(29)3)32-24-35(54-33-18-20-39-37-12-4-6-14-41(37)52(43(39)27-33)45-16-8-10-22-48-45)26-36(25-32)55-34-19-21-40-38-13-5-7-15-42(38)53(44(40)28-34)46-17-9-11-23-49-46/h4-28H,1-3H3/i1D3,2D3. The van der Waals surface area contributed by atoms with Gasteiger partial charge in [0, 0.05) is 77.3 Å². The van der Waals surface area contributed by atoms with Gasteiger partial charge in [-0.15, -0.1) is 0 Å². The Labute approximate surface area is 325 Å². The number of pyridine rings is 2. The van der Waals surface area contributed by atoms with Crippen molar-refractivity contribution in [1.29, 1.82) is 0 Å². The Hall–Kier alpha value is -7.32. The molecule has 0 fully saturated rings. The van der Waals surface area contributed by atoms with Crippen LogP contribution >= 0.6 is 0 Å². The van der Waals surface area contributed by atoms with Crippen LogP contribution in [-0.2, 0) is 0 Å². The van der Waals surface area contributed by atoms with E-state index in [-0.39, 0.29) is 11.5 Å². The monoisotopic (exact) mass is 720 g/mol. The van der Waals surface area contributed by atoms with E-state index in [1.54, 1.807) is 30.6 Å². The maximum absolute atomic E-state index is 8.23. The summed E-state index contributed by atoms with van der Waals surface area (Å²) >= 11 is 0. The molecule has 0 spiro atoms. The molecule has 55 heavy (non-hydrogen) atoms. The van der Waals surface area contributed by atoms with Crippen molar-refractivity contribution in [3.05, 3.63) is 169 Å². The summed E-state index contributed by atoms with van der Waals surface area (Å²) in [6.45, 7) is -4.10. The zero-order chi connectivity index (χ0) is 42.0. The summed E-state index contributed by atoms with van der Waals surface area (Å²) in [5.41, 5.74) is 3.19. The highest BCUT2D eigenvalue weighted by Crippen LogP contribution is 2.39. The molecule has 10 aromatic rings. The second-order valence-corrected chi connectivity index (χ2v) is 13.2. The Bertz CT molecular complexity index is 3130. The number of rotatable bonds is 7. The molecule has 0 radical (unpaired) electrons. The lowest BCUT2D eigenvalue weighted by Gasteiger charge is -2.14. The van der Waals surface area contributed by atoms with Gasteiger partial charge in [0.2, 0.25) is 0 Å². The van der Waals surface area contributed by atoms with E-state index < -0.39 is 25.0 Å². The first-order chi connectivity index (χ1) is 29.4. The van der Waals surface area contributed by atoms with Crippen LogP contribution in [0.4, 0.5) is 0 Å². The van der Waals surface area contributed by atoms with E-state index in [1.807, 2.05) is 97.1 Å². The number of fused-ring (bicyclic) bond motifs is 6. The Morgan fingerprint density at radius 3 is 1.49 bits per heavy atom. The Kier molecular flexibility index (Phi) is 6.23. The molecule has 5 aromatic carbocycles. The summed E-state index contributed by atoms with van der Waals surface area (Å²) in [5.74, 6) is 3.20. The normalized spacial score (nSPS) is 13.6. The van der Waals surface area contributed by atoms with Crippen LogP contribution in [0.1, 0.15) is 25.2 Å². The van der Waals surface area contributed by atoms with Crippen molar-refractivity contribution in [2.75, 3.05) is 0 Å². The van der Waals surface area contributed by atoms with Crippen LogP contribution in [0.25, 0.3) is 66.6 Å². The largest absolute Gasteiger partial charge is 0.457 e. The first kappa shape index (κ1) is 26.4. The van der Waals surface area contributed by atoms with Gasteiger partial charge in [0.25, 0.3) is 0 Å². The van der Waals surface area contributed by atoms with Crippen LogP contribution in [0.5, 0.6) is 23.0 Å². The van der Waals surface area contributed by atoms with Gasteiger partial charge >= 0.3 is 0 Å². The molecule has 5 heterocycles. The molecular formula is C47H34N6O2. The average Bonchev–Trinajstić information content (AvgIpc) is 3.75. The van der Waals surface area contributed by atoms with E-state index in [1.165, 1.54) is 6.92 Å². The first-order valence-corrected chi connectivity index (χ1v) is 17.7. The molecule has 0 aliphatic rings. The molecule has 0 aliphatic carbocycles. The molecule has 0 saturated carbocycles. The van der Waals surface area contributed by atoms with Gasteiger partial charge in [0.15, 0.2) is 5.82 Å². The van der Waals surface area contributed by atoms with Gasteiger partial charge in [-0.1, -0.05) is 48.5 Å².